The first kappa shape index (κ1) is 18.6. The molecule has 5 rings (SSSR count). The van der Waals surface area contributed by atoms with Crippen molar-refractivity contribution < 1.29 is 4.79 Å². The van der Waals surface area contributed by atoms with Crippen LogP contribution < -0.4 is 5.32 Å². The van der Waals surface area contributed by atoms with Crippen molar-refractivity contribution in [3.8, 4) is 0 Å². The van der Waals surface area contributed by atoms with E-state index in [1.54, 1.807) is 6.20 Å². The second-order valence-corrected chi connectivity index (χ2v) is 9.01. The summed E-state index contributed by atoms with van der Waals surface area (Å²) in [7, 11) is 0. The molecule has 3 fully saturated rings. The Morgan fingerprint density at radius 1 is 0.966 bits per heavy atom. The Labute approximate surface area is 173 Å². The first-order chi connectivity index (χ1) is 14.2. The van der Waals surface area contributed by atoms with Gasteiger partial charge in [0.15, 0.2) is 0 Å². The Bertz CT molecular complexity index is 820. The van der Waals surface area contributed by atoms with E-state index >= 15 is 0 Å². The molecule has 2 amide bonds. The number of carbonyl (C=O) groups excluding carboxylic acids is 1. The molecule has 152 valence electrons. The monoisotopic (exact) mass is 390 g/mol. The zero-order valence-corrected chi connectivity index (χ0v) is 17.0. The van der Waals surface area contributed by atoms with Crippen LogP contribution in [0.4, 0.5) is 10.5 Å². The van der Waals surface area contributed by atoms with Gasteiger partial charge in [-0.3, -0.25) is 4.98 Å². The van der Waals surface area contributed by atoms with Crippen LogP contribution in [0.1, 0.15) is 48.6 Å². The van der Waals surface area contributed by atoms with Gasteiger partial charge in [-0.25, -0.2) is 4.79 Å². The lowest BCUT2D eigenvalue weighted by atomic mass is 9.90. The van der Waals surface area contributed by atoms with Crippen molar-refractivity contribution in [3.05, 3.63) is 59.9 Å². The van der Waals surface area contributed by atoms with Gasteiger partial charge in [0.05, 0.1) is 0 Å². The van der Waals surface area contributed by atoms with Gasteiger partial charge in [0.1, 0.15) is 0 Å². The van der Waals surface area contributed by atoms with Crippen molar-refractivity contribution in [1.82, 2.24) is 14.8 Å². The van der Waals surface area contributed by atoms with Gasteiger partial charge in [-0.2, -0.15) is 0 Å². The summed E-state index contributed by atoms with van der Waals surface area (Å²) < 4.78 is 0. The molecule has 5 nitrogen and oxygen atoms in total. The number of hydrogen-bond donors (Lipinski definition) is 1. The molecule has 2 aliphatic heterocycles. The number of anilines is 1. The topological polar surface area (TPSA) is 48.5 Å². The maximum Gasteiger partial charge on any atom is 0.321 e. The Balaban J connectivity index is 1.07. The Hall–Kier alpha value is -2.40. The third kappa shape index (κ3) is 4.15. The van der Waals surface area contributed by atoms with Crippen LogP contribution in [-0.2, 0) is 0 Å². The molecule has 0 bridgehead atoms. The van der Waals surface area contributed by atoms with Crippen LogP contribution in [-0.4, -0.2) is 53.5 Å². The molecular formula is C24H30N4O. The number of rotatable bonds is 5. The highest BCUT2D eigenvalue weighted by atomic mass is 16.2. The second-order valence-electron chi connectivity index (χ2n) is 9.01. The quantitative estimate of drug-likeness (QED) is 0.828. The van der Waals surface area contributed by atoms with E-state index in [1.807, 2.05) is 29.3 Å². The number of benzene rings is 1. The van der Waals surface area contributed by atoms with Gasteiger partial charge in [0, 0.05) is 62.6 Å². The van der Waals surface area contributed by atoms with Crippen molar-refractivity contribution in [3.63, 3.8) is 0 Å². The van der Waals surface area contributed by atoms with Crippen LogP contribution in [0.2, 0.25) is 0 Å². The molecule has 5 heteroatoms. The molecule has 1 aromatic carbocycles. The summed E-state index contributed by atoms with van der Waals surface area (Å²) in [5.74, 6) is 1.99. The molecule has 2 saturated heterocycles. The molecule has 0 radical (unpaired) electrons. The predicted octanol–water partition coefficient (Wildman–Crippen LogP) is 4.30. The van der Waals surface area contributed by atoms with Crippen molar-refractivity contribution in [2.45, 2.75) is 37.5 Å². The summed E-state index contributed by atoms with van der Waals surface area (Å²) >= 11 is 0. The molecule has 2 aromatic rings. The maximum absolute atomic E-state index is 12.5. The van der Waals surface area contributed by atoms with E-state index in [4.69, 9.17) is 0 Å². The zero-order valence-electron chi connectivity index (χ0n) is 17.0. The Morgan fingerprint density at radius 2 is 1.69 bits per heavy atom. The molecular weight excluding hydrogens is 360 g/mol. The maximum atomic E-state index is 12.5. The zero-order chi connectivity index (χ0) is 19.6. The number of amides is 2. The van der Waals surface area contributed by atoms with E-state index in [2.05, 4.69) is 33.4 Å². The average molecular weight is 391 g/mol. The van der Waals surface area contributed by atoms with Crippen molar-refractivity contribution >= 4 is 11.7 Å². The van der Waals surface area contributed by atoms with E-state index in [-0.39, 0.29) is 6.03 Å². The highest BCUT2D eigenvalue weighted by Crippen LogP contribution is 2.32. The minimum Gasteiger partial charge on any atom is -0.323 e. The SMILES string of the molecule is O=C(Nc1ccc(C2CN(CC3CCCC3)C2)cc1)N1CC(c2cccnc2)C1. The van der Waals surface area contributed by atoms with E-state index < -0.39 is 0 Å². The van der Waals surface area contributed by atoms with Crippen molar-refractivity contribution in [1.29, 1.82) is 0 Å². The molecule has 3 aliphatic rings. The van der Waals surface area contributed by atoms with Crippen LogP contribution in [0.25, 0.3) is 0 Å². The van der Waals surface area contributed by atoms with Crippen LogP contribution in [0.15, 0.2) is 48.8 Å². The smallest absolute Gasteiger partial charge is 0.321 e. The van der Waals surface area contributed by atoms with Crippen LogP contribution in [0.3, 0.4) is 0 Å². The number of pyridine rings is 1. The lowest BCUT2D eigenvalue weighted by Gasteiger charge is -2.41. The van der Waals surface area contributed by atoms with Gasteiger partial charge in [0.2, 0.25) is 0 Å². The minimum absolute atomic E-state index is 0.00993. The number of nitrogens with one attached hydrogen (secondary N) is 1. The van der Waals surface area contributed by atoms with Gasteiger partial charge in [-0.05, 0) is 48.1 Å². The Kier molecular flexibility index (Phi) is 5.23. The highest BCUT2D eigenvalue weighted by Gasteiger charge is 2.32. The summed E-state index contributed by atoms with van der Waals surface area (Å²) in [5, 5.41) is 3.04. The number of aromatic nitrogens is 1. The highest BCUT2D eigenvalue weighted by molar-refractivity contribution is 5.90. The Morgan fingerprint density at radius 3 is 2.38 bits per heavy atom. The molecule has 0 spiro atoms. The number of nitrogens with zero attached hydrogens (tertiary/aromatic N) is 3. The summed E-state index contributed by atoms with van der Waals surface area (Å²) in [6.07, 6.45) is 9.39. The lowest BCUT2D eigenvalue weighted by Crippen LogP contribution is -2.50. The number of urea groups is 1. The standard InChI is InChI=1S/C24H30N4O/c29-24(28-16-22(17-28)20-6-3-11-25-12-20)26-23-9-7-19(8-10-23)21-14-27(15-21)13-18-4-1-2-5-18/h3,6-12,18,21-22H,1-2,4-5,13-17H2,(H,26,29). The first-order valence-electron chi connectivity index (χ1n) is 11.0. The predicted molar refractivity (Wildman–Crippen MR) is 115 cm³/mol. The van der Waals surface area contributed by atoms with Crippen molar-refractivity contribution in [2.24, 2.45) is 5.92 Å². The minimum atomic E-state index is -0.00993. The summed E-state index contributed by atoms with van der Waals surface area (Å²) in [4.78, 5) is 21.1. The fourth-order valence-corrected chi connectivity index (χ4v) is 5.00. The third-order valence-electron chi connectivity index (χ3n) is 6.91. The van der Waals surface area contributed by atoms with Gasteiger partial charge < -0.3 is 15.1 Å². The summed E-state index contributed by atoms with van der Waals surface area (Å²) in [5.41, 5.74) is 3.49. The fraction of sp³-hybridized carbons (Fsp3) is 0.500. The van der Waals surface area contributed by atoms with Crippen molar-refractivity contribution in [2.75, 3.05) is 38.0 Å². The lowest BCUT2D eigenvalue weighted by molar-refractivity contribution is 0.124. The molecule has 1 saturated carbocycles. The molecule has 0 atom stereocenters. The average Bonchev–Trinajstić information content (AvgIpc) is 3.18. The van der Waals surface area contributed by atoms with Gasteiger partial charge in [-0.15, -0.1) is 0 Å². The van der Waals surface area contributed by atoms with Crippen LogP contribution in [0.5, 0.6) is 0 Å². The largest absolute Gasteiger partial charge is 0.323 e. The third-order valence-corrected chi connectivity index (χ3v) is 6.91. The molecule has 29 heavy (non-hydrogen) atoms. The van der Waals surface area contributed by atoms with Gasteiger partial charge >= 0.3 is 6.03 Å². The van der Waals surface area contributed by atoms with E-state index in [1.165, 1.54) is 56.4 Å². The number of carbonyl (C=O) groups is 1. The van der Waals surface area contributed by atoms with Gasteiger partial charge in [-0.1, -0.05) is 31.0 Å². The molecule has 1 N–H and O–H groups in total. The molecule has 1 aliphatic carbocycles. The normalized spacial score (nSPS) is 21.0. The van der Waals surface area contributed by atoms with Crippen LogP contribution in [0, 0.1) is 5.92 Å². The number of likely N-dealkylation sites (tertiary alicyclic amines) is 2. The second kappa shape index (κ2) is 8.15. The first-order valence-corrected chi connectivity index (χ1v) is 11.0. The molecule has 0 unspecified atom stereocenters. The summed E-state index contributed by atoms with van der Waals surface area (Å²) in [6, 6.07) is 12.5. The fourth-order valence-electron chi connectivity index (χ4n) is 5.00. The van der Waals surface area contributed by atoms with Gasteiger partial charge in [0.25, 0.3) is 0 Å². The number of hydrogen-bond acceptors (Lipinski definition) is 3. The van der Waals surface area contributed by atoms with Crippen LogP contribution >= 0.6 is 0 Å². The molecule has 3 heterocycles. The van der Waals surface area contributed by atoms with E-state index in [0.29, 0.717) is 11.8 Å². The summed E-state index contributed by atoms with van der Waals surface area (Å²) in [6.45, 7) is 5.18. The molecule has 1 aromatic heterocycles. The van der Waals surface area contributed by atoms with E-state index in [9.17, 15) is 4.79 Å². The van der Waals surface area contributed by atoms with E-state index in [0.717, 1.165) is 24.7 Å².